The lowest BCUT2D eigenvalue weighted by Crippen LogP contribution is -2.15. The molecular weight excluding hydrogens is 389 g/mol. The molecule has 0 aliphatic rings. The smallest absolute Gasteiger partial charge is 0.252 e. The Hall–Kier alpha value is -2.51. The molecule has 0 radical (unpaired) electrons. The molecule has 3 aromatic rings. The maximum Gasteiger partial charge on any atom is 0.252 e. The van der Waals surface area contributed by atoms with Crippen LogP contribution in [0, 0.1) is 0 Å². The van der Waals surface area contributed by atoms with Gasteiger partial charge in [-0.25, -0.2) is 4.98 Å². The second kappa shape index (κ2) is 8.02. The summed E-state index contributed by atoms with van der Waals surface area (Å²) in [5, 5.41) is 5.61. The topological polar surface area (TPSA) is 98.8 Å². The number of halogens is 2. The average Bonchev–Trinajstić information content (AvgIpc) is 2.89. The number of aromatic nitrogens is 4. The van der Waals surface area contributed by atoms with Crippen molar-refractivity contribution in [1.82, 2.24) is 19.7 Å². The molecule has 2 aromatic heterocycles. The van der Waals surface area contributed by atoms with Crippen LogP contribution in [0.15, 0.2) is 29.1 Å². The zero-order chi connectivity index (χ0) is 19.6. The van der Waals surface area contributed by atoms with Crippen molar-refractivity contribution in [2.24, 2.45) is 0 Å². The molecule has 0 spiro atoms. The molecule has 0 saturated heterocycles. The molecule has 9 heteroatoms. The first-order valence-corrected chi connectivity index (χ1v) is 9.23. The highest BCUT2D eigenvalue weighted by Crippen LogP contribution is 2.33. The SMILES string of the molecule is CCc1nn(Cc2cc(=O)[nH]c(N)n2)c(CC)c1Oc1cc(Cl)cc(Cl)c1. The number of rotatable bonds is 6. The van der Waals surface area contributed by atoms with Crippen LogP contribution in [0.3, 0.4) is 0 Å². The summed E-state index contributed by atoms with van der Waals surface area (Å²) in [6, 6.07) is 6.44. The molecule has 0 saturated carbocycles. The minimum Gasteiger partial charge on any atom is -0.453 e. The fourth-order valence-electron chi connectivity index (χ4n) is 2.83. The highest BCUT2D eigenvalue weighted by atomic mass is 35.5. The van der Waals surface area contributed by atoms with Gasteiger partial charge in [-0.3, -0.25) is 14.5 Å². The predicted octanol–water partition coefficient (Wildman–Crippen LogP) is 3.82. The van der Waals surface area contributed by atoms with Gasteiger partial charge in [-0.2, -0.15) is 5.10 Å². The molecule has 27 heavy (non-hydrogen) atoms. The molecule has 2 heterocycles. The van der Waals surface area contributed by atoms with E-state index < -0.39 is 0 Å². The van der Waals surface area contributed by atoms with Crippen LogP contribution in [0.1, 0.15) is 30.9 Å². The number of benzene rings is 1. The molecule has 0 aliphatic carbocycles. The number of hydrogen-bond donors (Lipinski definition) is 2. The first-order valence-electron chi connectivity index (χ1n) is 8.47. The van der Waals surface area contributed by atoms with Crippen LogP contribution in [0.5, 0.6) is 11.5 Å². The van der Waals surface area contributed by atoms with Gasteiger partial charge in [0.1, 0.15) is 11.4 Å². The van der Waals surface area contributed by atoms with Crippen LogP contribution in [-0.4, -0.2) is 19.7 Å². The Bertz CT molecular complexity index is 1010. The van der Waals surface area contributed by atoms with Gasteiger partial charge in [-0.1, -0.05) is 37.0 Å². The lowest BCUT2D eigenvalue weighted by Gasteiger charge is -2.10. The van der Waals surface area contributed by atoms with Gasteiger partial charge >= 0.3 is 0 Å². The van der Waals surface area contributed by atoms with E-state index in [2.05, 4.69) is 15.1 Å². The highest BCUT2D eigenvalue weighted by molar-refractivity contribution is 6.34. The highest BCUT2D eigenvalue weighted by Gasteiger charge is 2.19. The number of nitrogens with two attached hydrogens (primary N) is 1. The summed E-state index contributed by atoms with van der Waals surface area (Å²) in [6.45, 7) is 4.31. The molecule has 0 amide bonds. The number of anilines is 1. The summed E-state index contributed by atoms with van der Waals surface area (Å²) in [4.78, 5) is 18.2. The number of nitrogens with zero attached hydrogens (tertiary/aromatic N) is 3. The summed E-state index contributed by atoms with van der Waals surface area (Å²) >= 11 is 12.1. The molecule has 142 valence electrons. The molecule has 0 bridgehead atoms. The molecular formula is C18H19Cl2N5O2. The van der Waals surface area contributed by atoms with Crippen molar-refractivity contribution in [3.8, 4) is 11.5 Å². The Balaban J connectivity index is 2.00. The Kier molecular flexibility index (Phi) is 5.72. The van der Waals surface area contributed by atoms with Gasteiger partial charge in [0, 0.05) is 16.1 Å². The van der Waals surface area contributed by atoms with Crippen LogP contribution >= 0.6 is 23.2 Å². The van der Waals surface area contributed by atoms with Crippen molar-refractivity contribution in [2.45, 2.75) is 33.2 Å². The Morgan fingerprint density at radius 3 is 2.44 bits per heavy atom. The molecule has 0 aliphatic heterocycles. The third-order valence-corrected chi connectivity index (χ3v) is 4.36. The fraction of sp³-hybridized carbons (Fsp3) is 0.278. The molecule has 0 unspecified atom stereocenters. The molecule has 0 fully saturated rings. The van der Waals surface area contributed by atoms with Crippen LogP contribution in [0.2, 0.25) is 10.0 Å². The zero-order valence-electron chi connectivity index (χ0n) is 14.9. The van der Waals surface area contributed by atoms with Gasteiger partial charge in [0.15, 0.2) is 5.75 Å². The lowest BCUT2D eigenvalue weighted by molar-refractivity contribution is 0.469. The standard InChI is InChI=1S/C18H19Cl2N5O2/c1-3-14-17(27-13-6-10(19)5-11(20)7-13)15(4-2)25(24-14)9-12-8-16(26)23-18(21)22-12/h5-8H,3-4,9H2,1-2H3,(H3,21,22,23,26). The number of nitrogens with one attached hydrogen (secondary N) is 1. The molecule has 3 N–H and O–H groups in total. The Morgan fingerprint density at radius 2 is 1.85 bits per heavy atom. The van der Waals surface area contributed by atoms with E-state index >= 15 is 0 Å². The van der Waals surface area contributed by atoms with E-state index in [-0.39, 0.29) is 11.5 Å². The van der Waals surface area contributed by atoms with Gasteiger partial charge in [0.2, 0.25) is 5.95 Å². The van der Waals surface area contributed by atoms with E-state index in [9.17, 15) is 4.79 Å². The van der Waals surface area contributed by atoms with Crippen LogP contribution in [-0.2, 0) is 19.4 Å². The van der Waals surface area contributed by atoms with Gasteiger partial charge in [0.25, 0.3) is 5.56 Å². The summed E-state index contributed by atoms with van der Waals surface area (Å²) < 4.78 is 7.86. The number of ether oxygens (including phenoxy) is 1. The summed E-state index contributed by atoms with van der Waals surface area (Å²) in [6.07, 6.45) is 1.35. The number of nitrogen functional groups attached to an aromatic ring is 1. The second-order valence-electron chi connectivity index (χ2n) is 5.92. The van der Waals surface area contributed by atoms with E-state index in [0.717, 1.165) is 11.4 Å². The average molecular weight is 408 g/mol. The quantitative estimate of drug-likeness (QED) is 0.646. The van der Waals surface area contributed by atoms with Crippen molar-refractivity contribution in [3.63, 3.8) is 0 Å². The third-order valence-electron chi connectivity index (χ3n) is 3.93. The number of hydrogen-bond acceptors (Lipinski definition) is 5. The number of aryl methyl sites for hydroxylation is 1. The minimum atomic E-state index is -0.302. The van der Waals surface area contributed by atoms with E-state index in [1.165, 1.54) is 6.07 Å². The van der Waals surface area contributed by atoms with Crippen LogP contribution in [0.4, 0.5) is 5.95 Å². The number of H-pyrrole nitrogens is 1. The molecule has 0 atom stereocenters. The first-order chi connectivity index (χ1) is 12.9. The fourth-order valence-corrected chi connectivity index (χ4v) is 3.33. The Labute approximate surface area is 166 Å². The summed E-state index contributed by atoms with van der Waals surface area (Å²) in [7, 11) is 0. The second-order valence-corrected chi connectivity index (χ2v) is 6.79. The molecule has 1 aromatic carbocycles. The zero-order valence-corrected chi connectivity index (χ0v) is 16.4. The van der Waals surface area contributed by atoms with Gasteiger partial charge in [0.05, 0.1) is 17.9 Å². The monoisotopic (exact) mass is 407 g/mol. The number of aromatic amines is 1. The molecule has 3 rings (SSSR count). The van der Waals surface area contributed by atoms with E-state index in [1.54, 1.807) is 22.9 Å². The third kappa shape index (κ3) is 4.43. The maximum atomic E-state index is 11.6. The van der Waals surface area contributed by atoms with Gasteiger partial charge < -0.3 is 10.5 Å². The normalized spacial score (nSPS) is 11.0. The lowest BCUT2D eigenvalue weighted by atomic mass is 10.2. The minimum absolute atomic E-state index is 0.0727. The van der Waals surface area contributed by atoms with Crippen molar-refractivity contribution in [3.05, 3.63) is 61.7 Å². The summed E-state index contributed by atoms with van der Waals surface area (Å²) in [5.74, 6) is 1.27. The largest absolute Gasteiger partial charge is 0.453 e. The van der Waals surface area contributed by atoms with Gasteiger partial charge in [-0.05, 0) is 31.0 Å². The van der Waals surface area contributed by atoms with Crippen LogP contribution in [0.25, 0.3) is 0 Å². The first kappa shape index (κ1) is 19.3. The summed E-state index contributed by atoms with van der Waals surface area (Å²) in [5.41, 5.74) is 7.52. The van der Waals surface area contributed by atoms with Crippen molar-refractivity contribution in [1.29, 1.82) is 0 Å². The van der Waals surface area contributed by atoms with Crippen molar-refractivity contribution in [2.75, 3.05) is 5.73 Å². The maximum absolute atomic E-state index is 11.6. The van der Waals surface area contributed by atoms with Crippen LogP contribution < -0.4 is 16.0 Å². The van der Waals surface area contributed by atoms with E-state index in [4.69, 9.17) is 33.7 Å². The van der Waals surface area contributed by atoms with Gasteiger partial charge in [-0.15, -0.1) is 0 Å². The predicted molar refractivity (Wildman–Crippen MR) is 106 cm³/mol. The van der Waals surface area contributed by atoms with Crippen molar-refractivity contribution >= 4 is 29.2 Å². The Morgan fingerprint density at radius 1 is 1.15 bits per heavy atom. The van der Waals surface area contributed by atoms with E-state index in [1.807, 2.05) is 13.8 Å². The van der Waals surface area contributed by atoms with Crippen molar-refractivity contribution < 1.29 is 4.74 Å². The molecule has 7 nitrogen and oxygen atoms in total. The van der Waals surface area contributed by atoms with E-state index in [0.29, 0.717) is 46.6 Å².